The molecule has 3 aliphatic rings. The number of rotatable bonds is 2. The molecular weight excluding hydrogens is 589 g/mol. The number of hydrogen-bond donors (Lipinski definition) is 0. The van der Waals surface area contributed by atoms with Crippen molar-refractivity contribution in [1.29, 1.82) is 0 Å². The maximum absolute atomic E-state index is 6.87. The smallest absolute Gasteiger partial charge is 0.149 e. The topological polar surface area (TPSA) is 9.23 Å². The van der Waals surface area contributed by atoms with E-state index in [0.29, 0.717) is 11.8 Å². The van der Waals surface area contributed by atoms with Crippen LogP contribution in [0.4, 0.5) is 0 Å². The van der Waals surface area contributed by atoms with Crippen molar-refractivity contribution in [2.45, 2.75) is 31.1 Å². The Bertz CT molecular complexity index is 2490. The van der Waals surface area contributed by atoms with Crippen LogP contribution >= 0.6 is 11.3 Å². The van der Waals surface area contributed by atoms with Gasteiger partial charge in [-0.25, -0.2) is 0 Å². The van der Waals surface area contributed by atoms with Crippen molar-refractivity contribution >= 4 is 31.5 Å². The number of fused-ring (bicyclic) bond motifs is 12. The predicted molar refractivity (Wildman–Crippen MR) is 198 cm³/mol. The van der Waals surface area contributed by atoms with Crippen LogP contribution in [-0.4, -0.2) is 0 Å². The molecule has 10 rings (SSSR count). The van der Waals surface area contributed by atoms with Crippen molar-refractivity contribution < 1.29 is 4.74 Å². The van der Waals surface area contributed by atoms with Gasteiger partial charge in [0.1, 0.15) is 11.5 Å². The fourth-order valence-corrected chi connectivity index (χ4v) is 9.47. The molecule has 2 atom stereocenters. The zero-order valence-corrected chi connectivity index (χ0v) is 27.1. The third-order valence-corrected chi connectivity index (χ3v) is 11.9. The van der Waals surface area contributed by atoms with E-state index in [4.69, 9.17) is 4.74 Å². The van der Waals surface area contributed by atoms with Crippen LogP contribution in [0.3, 0.4) is 0 Å². The van der Waals surface area contributed by atoms with Crippen LogP contribution in [0.1, 0.15) is 47.9 Å². The molecule has 1 aromatic heterocycles. The predicted octanol–water partition coefficient (Wildman–Crippen LogP) is 12.8. The van der Waals surface area contributed by atoms with E-state index in [1.54, 1.807) is 0 Å². The van der Waals surface area contributed by atoms with E-state index in [1.165, 1.54) is 75.8 Å². The lowest BCUT2D eigenvalue weighted by Gasteiger charge is -2.35. The zero-order chi connectivity index (χ0) is 31.3. The highest BCUT2D eigenvalue weighted by atomic mass is 32.1. The monoisotopic (exact) mass is 620 g/mol. The zero-order valence-electron chi connectivity index (χ0n) is 26.3. The summed E-state index contributed by atoms with van der Waals surface area (Å²) in [5, 5.41) is 2.57. The van der Waals surface area contributed by atoms with Crippen molar-refractivity contribution in [2.24, 2.45) is 0 Å². The standard InChI is InChI=1S/C45H32OS/c1-45(2)39-22-19-30(26-41(39)46-43-40(45)23-21-37-36-16-7-8-17-42(36)47-44(37)43)28-11-9-10-27(24-28)29-18-20-35-33-14-4-3-12-31(33)32-13-5-6-15-34(32)38(35)25-29/h3-26,31,33H,1-2H3. The molecule has 1 aliphatic heterocycles. The Morgan fingerprint density at radius 2 is 1.23 bits per heavy atom. The third-order valence-electron chi connectivity index (χ3n) is 10.7. The first kappa shape index (κ1) is 27.0. The molecule has 1 nitrogen and oxygen atoms in total. The first-order chi connectivity index (χ1) is 23.0. The van der Waals surface area contributed by atoms with Crippen LogP contribution in [0.2, 0.25) is 0 Å². The number of hydrogen-bond acceptors (Lipinski definition) is 2. The highest BCUT2D eigenvalue weighted by Gasteiger charge is 2.36. The van der Waals surface area contributed by atoms with Crippen molar-refractivity contribution in [3.8, 4) is 44.9 Å². The van der Waals surface area contributed by atoms with Crippen molar-refractivity contribution in [1.82, 2.24) is 0 Å². The number of allylic oxidation sites excluding steroid dienone is 4. The van der Waals surface area contributed by atoms with Gasteiger partial charge in [-0.15, -0.1) is 11.3 Å². The Hall–Kier alpha value is -5.18. The summed E-state index contributed by atoms with van der Waals surface area (Å²) in [5.74, 6) is 2.73. The van der Waals surface area contributed by atoms with Crippen LogP contribution in [0.5, 0.6) is 11.5 Å². The minimum absolute atomic E-state index is 0.171. The van der Waals surface area contributed by atoms with E-state index in [-0.39, 0.29) is 5.41 Å². The van der Waals surface area contributed by atoms with E-state index in [0.717, 1.165) is 11.5 Å². The summed E-state index contributed by atoms with van der Waals surface area (Å²) in [6, 6.07) is 45.0. The summed E-state index contributed by atoms with van der Waals surface area (Å²) in [6.45, 7) is 4.64. The summed E-state index contributed by atoms with van der Waals surface area (Å²) < 4.78 is 9.40. The molecule has 47 heavy (non-hydrogen) atoms. The van der Waals surface area contributed by atoms with Gasteiger partial charge in [0.2, 0.25) is 0 Å². The molecular formula is C45H32OS. The molecule has 0 radical (unpaired) electrons. The fourth-order valence-electron chi connectivity index (χ4n) is 8.29. The molecule has 0 fully saturated rings. The van der Waals surface area contributed by atoms with Gasteiger partial charge in [0.05, 0.1) is 4.70 Å². The molecule has 7 aromatic rings. The average molecular weight is 621 g/mol. The second-order valence-electron chi connectivity index (χ2n) is 13.6. The van der Waals surface area contributed by atoms with Gasteiger partial charge in [0.25, 0.3) is 0 Å². The first-order valence-electron chi connectivity index (χ1n) is 16.5. The lowest BCUT2D eigenvalue weighted by molar-refractivity contribution is 0.424. The highest BCUT2D eigenvalue weighted by molar-refractivity contribution is 7.26. The summed E-state index contributed by atoms with van der Waals surface area (Å²) in [4.78, 5) is 0. The minimum Gasteiger partial charge on any atom is -0.455 e. The largest absolute Gasteiger partial charge is 0.455 e. The van der Waals surface area contributed by atoms with Gasteiger partial charge in [-0.05, 0) is 68.8 Å². The van der Waals surface area contributed by atoms with Gasteiger partial charge < -0.3 is 4.74 Å². The van der Waals surface area contributed by atoms with Gasteiger partial charge >= 0.3 is 0 Å². The summed E-state index contributed by atoms with van der Waals surface area (Å²) in [5.41, 5.74) is 12.7. The number of ether oxygens (including phenoxy) is 1. The molecule has 0 saturated carbocycles. The second-order valence-corrected chi connectivity index (χ2v) is 14.7. The lowest BCUT2D eigenvalue weighted by Crippen LogP contribution is -2.24. The Balaban J connectivity index is 1.05. The number of benzene rings is 6. The Kier molecular flexibility index (Phi) is 5.69. The van der Waals surface area contributed by atoms with Crippen LogP contribution in [0.15, 0.2) is 146 Å². The maximum Gasteiger partial charge on any atom is 0.149 e. The Morgan fingerprint density at radius 3 is 2.09 bits per heavy atom. The van der Waals surface area contributed by atoms with E-state index in [1.807, 2.05) is 11.3 Å². The van der Waals surface area contributed by atoms with Crippen LogP contribution in [-0.2, 0) is 5.41 Å². The summed E-state index contributed by atoms with van der Waals surface area (Å²) >= 11 is 1.83. The van der Waals surface area contributed by atoms with Crippen LogP contribution in [0.25, 0.3) is 53.6 Å². The molecule has 2 aliphatic carbocycles. The van der Waals surface area contributed by atoms with Crippen molar-refractivity contribution in [3.05, 3.63) is 168 Å². The van der Waals surface area contributed by atoms with E-state index in [9.17, 15) is 0 Å². The summed E-state index contributed by atoms with van der Waals surface area (Å²) in [7, 11) is 0. The van der Waals surface area contributed by atoms with Crippen molar-refractivity contribution in [3.63, 3.8) is 0 Å². The molecule has 0 saturated heterocycles. The number of thiophene rings is 1. The molecule has 0 N–H and O–H groups in total. The minimum atomic E-state index is -0.171. The molecule has 0 bridgehead atoms. The van der Waals surface area contributed by atoms with Crippen molar-refractivity contribution in [2.75, 3.05) is 0 Å². The third kappa shape index (κ3) is 3.95. The van der Waals surface area contributed by atoms with Crippen LogP contribution < -0.4 is 4.74 Å². The van der Waals surface area contributed by atoms with Gasteiger partial charge in [-0.2, -0.15) is 0 Å². The SMILES string of the molecule is CC1(C)c2ccc(-c3cccc(-c4ccc5c(c4)-c4ccccc4C4C=CC=CC54)c3)cc2Oc2c1ccc1c2sc2ccccc21. The second kappa shape index (κ2) is 9.91. The maximum atomic E-state index is 6.87. The highest BCUT2D eigenvalue weighted by Crippen LogP contribution is 2.54. The van der Waals surface area contributed by atoms with Gasteiger partial charge in [0.15, 0.2) is 0 Å². The van der Waals surface area contributed by atoms with Crippen LogP contribution in [0, 0.1) is 0 Å². The van der Waals surface area contributed by atoms with E-state index < -0.39 is 0 Å². The van der Waals surface area contributed by atoms with Gasteiger partial charge in [-0.3, -0.25) is 0 Å². The molecule has 0 spiro atoms. The summed E-state index contributed by atoms with van der Waals surface area (Å²) in [6.07, 6.45) is 9.11. The lowest BCUT2D eigenvalue weighted by atomic mass is 9.69. The molecule has 6 aromatic carbocycles. The van der Waals surface area contributed by atoms with E-state index >= 15 is 0 Å². The van der Waals surface area contributed by atoms with Gasteiger partial charge in [0, 0.05) is 43.9 Å². The molecule has 2 heteroatoms. The van der Waals surface area contributed by atoms with E-state index in [2.05, 4.69) is 159 Å². The molecule has 2 heterocycles. The quantitative estimate of drug-likeness (QED) is 0.187. The Morgan fingerprint density at radius 1 is 0.553 bits per heavy atom. The molecule has 2 unspecified atom stereocenters. The normalized spacial score (nSPS) is 18.2. The fraction of sp³-hybridized carbons (Fsp3) is 0.111. The first-order valence-corrected chi connectivity index (χ1v) is 17.3. The average Bonchev–Trinajstić information content (AvgIpc) is 3.51. The van der Waals surface area contributed by atoms with Gasteiger partial charge in [-0.1, -0.05) is 135 Å². The molecule has 0 amide bonds. The Labute approximate surface area is 279 Å². The molecule has 224 valence electrons.